The van der Waals surface area contributed by atoms with E-state index in [2.05, 4.69) is 44.3 Å². The topological polar surface area (TPSA) is 126 Å². The standard InChI is InChI=1S/C19H39N3O2.C18H37N3O3.CH2Cl2/c1-6-18(24)16-22(5)15-11-10-14-21(4)13-9-8-12-19(17(3)23)20-7-2;1-5-16(22)15-21(4)14-10-9-13-20(3)12-8-7-11-17(18(23)24)19-6-2;2-1-3/h19-20H,6-16H2,1-5H3;17,19H,5-15H2,1-4H3,(H,23,24);1H2. The van der Waals surface area contributed by atoms with E-state index in [0.717, 1.165) is 104 Å². The van der Waals surface area contributed by atoms with Crippen LogP contribution in [0.3, 0.4) is 0 Å². The second kappa shape index (κ2) is 38.5. The molecule has 3 N–H and O–H groups in total. The maximum atomic E-state index is 11.5. The summed E-state index contributed by atoms with van der Waals surface area (Å²) in [5.74, 6) is 0.106. The molecule has 0 radical (unpaired) electrons. The Balaban J connectivity index is -0.000000838. The number of nitrogens with zero attached hydrogens (tertiary/aromatic N) is 4. The summed E-state index contributed by atoms with van der Waals surface area (Å²) in [5, 5.41) is 15.5. The number of hydrogen-bond donors (Lipinski definition) is 3. The molecule has 0 saturated heterocycles. The quantitative estimate of drug-likeness (QED) is 0.0585. The zero-order valence-corrected chi connectivity index (χ0v) is 35.6. The van der Waals surface area contributed by atoms with Crippen LogP contribution in [0.5, 0.6) is 0 Å². The van der Waals surface area contributed by atoms with Crippen molar-refractivity contribution >= 4 is 46.5 Å². The van der Waals surface area contributed by atoms with Crippen molar-refractivity contribution in [3.8, 4) is 0 Å². The van der Waals surface area contributed by atoms with Crippen molar-refractivity contribution in [3.05, 3.63) is 0 Å². The SMILES string of the molecule is CCNC(CCCCN(C)CCCCN(C)CC(=O)CC)C(=O)O.CCNC(CCCCN(C)CCCCN(C)CC(=O)CC)C(C)=O.ClCCl. The second-order valence-electron chi connectivity index (χ2n) is 13.5. The molecule has 0 saturated carbocycles. The molecule has 0 amide bonds. The summed E-state index contributed by atoms with van der Waals surface area (Å²) in [6, 6.07) is -0.386. The normalized spacial score (nSPS) is 12.4. The van der Waals surface area contributed by atoms with Gasteiger partial charge in [-0.2, -0.15) is 0 Å². The number of aliphatic carboxylic acids is 1. The van der Waals surface area contributed by atoms with Crippen LogP contribution in [0.1, 0.15) is 112 Å². The first kappa shape index (κ1) is 54.2. The van der Waals surface area contributed by atoms with E-state index in [0.29, 0.717) is 50.5 Å². The highest BCUT2D eigenvalue weighted by Gasteiger charge is 2.15. The molecule has 51 heavy (non-hydrogen) atoms. The van der Waals surface area contributed by atoms with Crippen LogP contribution in [0.15, 0.2) is 0 Å². The van der Waals surface area contributed by atoms with Crippen LogP contribution in [0, 0.1) is 0 Å². The van der Waals surface area contributed by atoms with Crippen LogP contribution in [0.25, 0.3) is 0 Å². The highest BCUT2D eigenvalue weighted by Crippen LogP contribution is 2.06. The molecule has 0 heterocycles. The van der Waals surface area contributed by atoms with Crippen molar-refractivity contribution in [2.45, 2.75) is 124 Å². The van der Waals surface area contributed by atoms with Gasteiger partial charge in [0, 0.05) is 12.8 Å². The maximum Gasteiger partial charge on any atom is 0.320 e. The molecule has 0 aliphatic heterocycles. The number of carboxylic acid groups (broad SMARTS) is 1. The molecule has 13 heteroatoms. The molecule has 0 bridgehead atoms. The number of unbranched alkanes of at least 4 members (excludes halogenated alkanes) is 4. The fourth-order valence-corrected chi connectivity index (χ4v) is 5.45. The lowest BCUT2D eigenvalue weighted by Crippen LogP contribution is -2.36. The number of alkyl halides is 2. The first-order valence-corrected chi connectivity index (χ1v) is 20.4. The predicted molar refractivity (Wildman–Crippen MR) is 217 cm³/mol. The van der Waals surface area contributed by atoms with Gasteiger partial charge in [-0.3, -0.25) is 29.0 Å². The van der Waals surface area contributed by atoms with E-state index in [1.165, 1.54) is 0 Å². The monoisotopic (exact) mass is 769 g/mol. The summed E-state index contributed by atoms with van der Waals surface area (Å²) in [5.41, 5.74) is 0. The van der Waals surface area contributed by atoms with E-state index in [1.807, 2.05) is 41.8 Å². The fourth-order valence-electron chi connectivity index (χ4n) is 5.45. The summed E-state index contributed by atoms with van der Waals surface area (Å²) < 4.78 is 0. The Kier molecular flexibility index (Phi) is 40.9. The number of likely N-dealkylation sites (N-methyl/N-ethyl adjacent to an activating group) is 4. The zero-order chi connectivity index (χ0) is 39.5. The van der Waals surface area contributed by atoms with E-state index in [4.69, 9.17) is 28.3 Å². The molecule has 0 aromatic heterocycles. The van der Waals surface area contributed by atoms with Gasteiger partial charge in [0.15, 0.2) is 0 Å². The predicted octanol–water partition coefficient (Wildman–Crippen LogP) is 5.61. The van der Waals surface area contributed by atoms with E-state index >= 15 is 0 Å². The van der Waals surface area contributed by atoms with Crippen molar-refractivity contribution in [3.63, 3.8) is 0 Å². The van der Waals surface area contributed by atoms with Crippen LogP contribution < -0.4 is 10.6 Å². The van der Waals surface area contributed by atoms with Gasteiger partial charge in [0.2, 0.25) is 0 Å². The third-order valence-corrected chi connectivity index (χ3v) is 8.60. The molecule has 0 fully saturated rings. The van der Waals surface area contributed by atoms with Crippen molar-refractivity contribution in [2.24, 2.45) is 0 Å². The molecule has 2 atom stereocenters. The molecule has 0 aliphatic rings. The lowest BCUT2D eigenvalue weighted by atomic mass is 10.1. The third-order valence-electron chi connectivity index (χ3n) is 8.60. The molecule has 0 rings (SSSR count). The van der Waals surface area contributed by atoms with Crippen LogP contribution in [-0.4, -0.2) is 159 Å². The van der Waals surface area contributed by atoms with Crippen LogP contribution in [-0.2, 0) is 19.2 Å². The van der Waals surface area contributed by atoms with Gasteiger partial charge in [-0.25, -0.2) is 0 Å². The number of carbonyl (C=O) groups is 4. The summed E-state index contributed by atoms with van der Waals surface area (Å²) in [6.07, 6.45) is 11.6. The molecule has 0 aromatic carbocycles. The largest absolute Gasteiger partial charge is 0.480 e. The van der Waals surface area contributed by atoms with Gasteiger partial charge in [-0.1, -0.05) is 40.5 Å². The highest BCUT2D eigenvalue weighted by atomic mass is 35.5. The van der Waals surface area contributed by atoms with Gasteiger partial charge in [0.05, 0.1) is 24.5 Å². The van der Waals surface area contributed by atoms with Crippen molar-refractivity contribution in [1.29, 1.82) is 0 Å². The molecule has 0 spiro atoms. The molecule has 0 aliphatic carbocycles. The smallest absolute Gasteiger partial charge is 0.320 e. The van der Waals surface area contributed by atoms with E-state index in [9.17, 15) is 19.2 Å². The molecular weight excluding hydrogens is 691 g/mol. The molecule has 11 nitrogen and oxygen atoms in total. The Hall–Kier alpha value is -1.18. The number of rotatable bonds is 32. The summed E-state index contributed by atoms with van der Waals surface area (Å²) in [7, 11) is 8.30. The Labute approximate surface area is 322 Å². The summed E-state index contributed by atoms with van der Waals surface area (Å²) >= 11 is 9.53. The first-order chi connectivity index (χ1) is 24.2. The average molecular weight is 770 g/mol. The molecule has 304 valence electrons. The maximum absolute atomic E-state index is 11.5. The average Bonchev–Trinajstić information content (AvgIpc) is 3.08. The Bertz CT molecular complexity index is 792. The Morgan fingerprint density at radius 1 is 0.549 bits per heavy atom. The summed E-state index contributed by atoms with van der Waals surface area (Å²) in [4.78, 5) is 54.1. The lowest BCUT2D eigenvalue weighted by Gasteiger charge is -2.19. The van der Waals surface area contributed by atoms with Crippen molar-refractivity contribution in [1.82, 2.24) is 30.2 Å². The van der Waals surface area contributed by atoms with Gasteiger partial charge in [-0.15, -0.1) is 23.2 Å². The first-order valence-electron chi connectivity index (χ1n) is 19.3. The minimum absolute atomic E-state index is 0.0293. The lowest BCUT2D eigenvalue weighted by molar-refractivity contribution is -0.139. The molecule has 2 unspecified atom stereocenters. The minimum atomic E-state index is -0.754. The number of hydrogen-bond acceptors (Lipinski definition) is 10. The number of ketones is 3. The highest BCUT2D eigenvalue weighted by molar-refractivity contribution is 6.40. The Morgan fingerprint density at radius 2 is 0.843 bits per heavy atom. The molecule has 0 aromatic rings. The number of carboxylic acids is 1. The van der Waals surface area contributed by atoms with Gasteiger partial charge in [0.25, 0.3) is 0 Å². The van der Waals surface area contributed by atoms with Crippen LogP contribution >= 0.6 is 23.2 Å². The van der Waals surface area contributed by atoms with Crippen molar-refractivity contribution in [2.75, 3.05) is 99.0 Å². The van der Waals surface area contributed by atoms with E-state index in [-0.39, 0.29) is 17.2 Å². The number of nitrogens with one attached hydrogen (secondary N) is 2. The van der Waals surface area contributed by atoms with Gasteiger partial charge < -0.3 is 25.5 Å². The van der Waals surface area contributed by atoms with Crippen LogP contribution in [0.2, 0.25) is 0 Å². The van der Waals surface area contributed by atoms with Gasteiger partial charge in [0.1, 0.15) is 23.4 Å². The van der Waals surface area contributed by atoms with Crippen molar-refractivity contribution < 1.29 is 24.3 Å². The van der Waals surface area contributed by atoms with Gasteiger partial charge in [-0.05, 0) is 139 Å². The van der Waals surface area contributed by atoms with E-state index in [1.54, 1.807) is 6.92 Å². The van der Waals surface area contributed by atoms with E-state index < -0.39 is 12.0 Å². The summed E-state index contributed by atoms with van der Waals surface area (Å²) in [6.45, 7) is 18.3. The second-order valence-corrected chi connectivity index (χ2v) is 14.4. The Morgan fingerprint density at radius 3 is 1.14 bits per heavy atom. The minimum Gasteiger partial charge on any atom is -0.480 e. The zero-order valence-electron chi connectivity index (χ0n) is 34.0. The number of halogens is 2. The number of carbonyl (C=O) groups excluding carboxylic acids is 3. The number of Topliss-reactive ketones (excluding diaryl/α,β-unsaturated/α-hetero) is 3. The molecular formula is C38H78Cl2N6O5. The van der Waals surface area contributed by atoms with Crippen LogP contribution in [0.4, 0.5) is 0 Å². The third kappa shape index (κ3) is 38.4. The van der Waals surface area contributed by atoms with Gasteiger partial charge >= 0.3 is 5.97 Å². The fraction of sp³-hybridized carbons (Fsp3) is 0.895.